The van der Waals surface area contributed by atoms with Crippen LogP contribution >= 0.6 is 11.8 Å². The van der Waals surface area contributed by atoms with Crippen LogP contribution in [0.15, 0.2) is 34.3 Å². The van der Waals surface area contributed by atoms with Crippen molar-refractivity contribution in [2.75, 3.05) is 5.75 Å². The highest BCUT2D eigenvalue weighted by atomic mass is 32.2. The van der Waals surface area contributed by atoms with Gasteiger partial charge >= 0.3 is 0 Å². The maximum absolute atomic E-state index is 12.1. The first-order valence-corrected chi connectivity index (χ1v) is 8.63. The largest absolute Gasteiger partial charge is 0.324 e. The van der Waals surface area contributed by atoms with E-state index in [0.717, 1.165) is 5.56 Å². The molecule has 0 bridgehead atoms. The number of sulfone groups is 1. The van der Waals surface area contributed by atoms with Crippen molar-refractivity contribution in [1.82, 2.24) is 14.8 Å². The lowest BCUT2D eigenvalue weighted by molar-refractivity contribution is 0.600. The van der Waals surface area contributed by atoms with Crippen LogP contribution in [0.5, 0.6) is 0 Å². The minimum absolute atomic E-state index is 0.0990. The predicted octanol–water partition coefficient (Wildman–Crippen LogP) is 0.894. The highest BCUT2D eigenvalue weighted by Crippen LogP contribution is 2.44. The average molecular weight is 310 g/mol. The molecule has 1 aliphatic heterocycles. The number of benzene rings is 1. The molecule has 0 saturated carbocycles. The molecule has 106 valence electrons. The molecular weight excluding hydrogens is 296 g/mol. The third-order valence-corrected chi connectivity index (χ3v) is 6.62. The number of aromatic nitrogens is 3. The molecule has 20 heavy (non-hydrogen) atoms. The zero-order valence-electron chi connectivity index (χ0n) is 10.9. The standard InChI is InChI=1S/C12H14N4O2S2/c1-16-11(6-13)14-15-12(16)19-9-7-20(17,18)10-5-3-2-4-8(9)10/h2-5,9H,6-7,13H2,1H3. The molecule has 1 aromatic carbocycles. The number of nitrogens with two attached hydrogens (primary N) is 1. The number of fused-ring (bicyclic) bond motifs is 1. The summed E-state index contributed by atoms with van der Waals surface area (Å²) in [6.45, 7) is 0.309. The molecule has 3 rings (SSSR count). The fourth-order valence-electron chi connectivity index (χ4n) is 2.26. The molecule has 0 amide bonds. The summed E-state index contributed by atoms with van der Waals surface area (Å²) in [5.41, 5.74) is 6.41. The Morgan fingerprint density at radius 2 is 2.15 bits per heavy atom. The monoisotopic (exact) mass is 310 g/mol. The van der Waals surface area contributed by atoms with E-state index in [9.17, 15) is 8.42 Å². The lowest BCUT2D eigenvalue weighted by Gasteiger charge is -2.08. The van der Waals surface area contributed by atoms with Gasteiger partial charge in [-0.1, -0.05) is 30.0 Å². The van der Waals surface area contributed by atoms with Crippen molar-refractivity contribution in [2.45, 2.75) is 21.8 Å². The van der Waals surface area contributed by atoms with Crippen LogP contribution in [0, 0.1) is 0 Å². The van der Waals surface area contributed by atoms with E-state index >= 15 is 0 Å². The van der Waals surface area contributed by atoms with Gasteiger partial charge in [0.25, 0.3) is 0 Å². The Bertz CT molecular complexity index is 755. The van der Waals surface area contributed by atoms with E-state index in [1.54, 1.807) is 16.7 Å². The van der Waals surface area contributed by atoms with E-state index in [4.69, 9.17) is 5.73 Å². The van der Waals surface area contributed by atoms with Crippen molar-refractivity contribution in [2.24, 2.45) is 12.8 Å². The summed E-state index contributed by atoms with van der Waals surface area (Å²) in [4.78, 5) is 0.429. The molecule has 6 nitrogen and oxygen atoms in total. The number of thioether (sulfide) groups is 1. The normalized spacial score (nSPS) is 20.0. The quantitative estimate of drug-likeness (QED) is 0.905. The van der Waals surface area contributed by atoms with Crippen LogP contribution in [0.3, 0.4) is 0 Å². The third kappa shape index (κ3) is 2.13. The topological polar surface area (TPSA) is 90.9 Å². The van der Waals surface area contributed by atoms with Gasteiger partial charge in [-0.15, -0.1) is 10.2 Å². The van der Waals surface area contributed by atoms with Gasteiger partial charge in [0.1, 0.15) is 5.82 Å². The van der Waals surface area contributed by atoms with Crippen molar-refractivity contribution in [3.63, 3.8) is 0 Å². The molecule has 2 heterocycles. The van der Waals surface area contributed by atoms with E-state index in [1.165, 1.54) is 11.8 Å². The number of hydrogen-bond acceptors (Lipinski definition) is 6. The molecule has 1 atom stereocenters. The molecule has 2 aromatic rings. The fraction of sp³-hybridized carbons (Fsp3) is 0.333. The van der Waals surface area contributed by atoms with Crippen molar-refractivity contribution in [1.29, 1.82) is 0 Å². The van der Waals surface area contributed by atoms with E-state index in [0.29, 0.717) is 22.4 Å². The molecular formula is C12H14N4O2S2. The summed E-state index contributed by atoms with van der Waals surface area (Å²) < 4.78 is 26.1. The van der Waals surface area contributed by atoms with Crippen LogP contribution in [0.2, 0.25) is 0 Å². The fourth-order valence-corrected chi connectivity index (χ4v) is 5.69. The van der Waals surface area contributed by atoms with Gasteiger partial charge in [-0.3, -0.25) is 0 Å². The van der Waals surface area contributed by atoms with E-state index in [-0.39, 0.29) is 11.0 Å². The van der Waals surface area contributed by atoms with Crippen LogP contribution in [0.4, 0.5) is 0 Å². The second-order valence-electron chi connectivity index (χ2n) is 4.59. The average Bonchev–Trinajstić information content (AvgIpc) is 2.90. The van der Waals surface area contributed by atoms with Crippen LogP contribution in [0.1, 0.15) is 16.6 Å². The minimum atomic E-state index is -3.19. The third-order valence-electron chi connectivity index (χ3n) is 3.33. The molecule has 0 radical (unpaired) electrons. The Labute approximate surface area is 121 Å². The van der Waals surface area contributed by atoms with E-state index in [2.05, 4.69) is 10.2 Å². The van der Waals surface area contributed by atoms with E-state index in [1.807, 2.05) is 19.2 Å². The van der Waals surface area contributed by atoms with Crippen LogP contribution in [-0.2, 0) is 23.4 Å². The number of hydrogen-bond donors (Lipinski definition) is 1. The molecule has 0 fully saturated rings. The molecule has 1 unspecified atom stereocenters. The molecule has 8 heteroatoms. The lowest BCUT2D eigenvalue weighted by atomic mass is 10.2. The smallest absolute Gasteiger partial charge is 0.191 e. The second-order valence-corrected chi connectivity index (χ2v) is 7.76. The Morgan fingerprint density at radius 3 is 2.85 bits per heavy atom. The zero-order chi connectivity index (χ0) is 14.3. The summed E-state index contributed by atoms with van der Waals surface area (Å²) in [5.74, 6) is 0.781. The minimum Gasteiger partial charge on any atom is -0.324 e. The van der Waals surface area contributed by atoms with Gasteiger partial charge < -0.3 is 10.3 Å². The van der Waals surface area contributed by atoms with Crippen molar-refractivity contribution in [3.05, 3.63) is 35.7 Å². The first-order valence-electron chi connectivity index (χ1n) is 6.09. The molecule has 0 spiro atoms. The first kappa shape index (κ1) is 13.6. The number of nitrogens with zero attached hydrogens (tertiary/aromatic N) is 3. The van der Waals surface area contributed by atoms with Crippen LogP contribution in [-0.4, -0.2) is 28.9 Å². The Balaban J connectivity index is 1.95. The van der Waals surface area contributed by atoms with Crippen molar-refractivity contribution >= 4 is 21.6 Å². The van der Waals surface area contributed by atoms with Gasteiger partial charge in [0.2, 0.25) is 0 Å². The van der Waals surface area contributed by atoms with Crippen LogP contribution in [0.25, 0.3) is 0 Å². The van der Waals surface area contributed by atoms with Gasteiger partial charge in [0.15, 0.2) is 15.0 Å². The zero-order valence-corrected chi connectivity index (χ0v) is 12.5. The summed E-state index contributed by atoms with van der Waals surface area (Å²) in [6, 6.07) is 7.12. The summed E-state index contributed by atoms with van der Waals surface area (Å²) in [7, 11) is -1.36. The maximum atomic E-state index is 12.1. The van der Waals surface area contributed by atoms with Crippen LogP contribution < -0.4 is 5.73 Å². The highest BCUT2D eigenvalue weighted by molar-refractivity contribution is 8.01. The molecule has 0 saturated heterocycles. The van der Waals surface area contributed by atoms with Gasteiger partial charge in [0, 0.05) is 7.05 Å². The van der Waals surface area contributed by atoms with Gasteiger partial charge in [0.05, 0.1) is 22.4 Å². The van der Waals surface area contributed by atoms with Gasteiger partial charge in [-0.25, -0.2) is 8.42 Å². The Morgan fingerprint density at radius 1 is 1.40 bits per heavy atom. The summed E-state index contributed by atoms with van der Waals surface area (Å²) in [5, 5.41) is 8.59. The molecule has 1 aliphatic rings. The Kier molecular flexibility index (Phi) is 3.31. The van der Waals surface area contributed by atoms with Gasteiger partial charge in [-0.05, 0) is 11.6 Å². The second kappa shape index (κ2) is 4.87. The van der Waals surface area contributed by atoms with E-state index < -0.39 is 9.84 Å². The lowest BCUT2D eigenvalue weighted by Crippen LogP contribution is -2.06. The summed E-state index contributed by atoms with van der Waals surface area (Å²) in [6.07, 6.45) is 0. The molecule has 2 N–H and O–H groups in total. The SMILES string of the molecule is Cn1c(CN)nnc1SC1CS(=O)(=O)c2ccccc21. The molecule has 1 aromatic heterocycles. The predicted molar refractivity (Wildman–Crippen MR) is 76.0 cm³/mol. The first-order chi connectivity index (χ1) is 9.53. The van der Waals surface area contributed by atoms with Crippen molar-refractivity contribution < 1.29 is 8.42 Å². The summed E-state index contributed by atoms with van der Waals surface area (Å²) >= 11 is 1.41. The molecule has 0 aliphatic carbocycles. The highest BCUT2D eigenvalue weighted by Gasteiger charge is 2.35. The Hall–Kier alpha value is -1.38. The van der Waals surface area contributed by atoms with Crippen molar-refractivity contribution in [3.8, 4) is 0 Å². The number of rotatable bonds is 3. The van der Waals surface area contributed by atoms with Gasteiger partial charge in [-0.2, -0.15) is 0 Å². The maximum Gasteiger partial charge on any atom is 0.191 e.